The van der Waals surface area contributed by atoms with Gasteiger partial charge in [-0.1, -0.05) is 6.42 Å². The molecule has 0 saturated carbocycles. The molecule has 18 heavy (non-hydrogen) atoms. The molecule has 0 unspecified atom stereocenters. The van der Waals surface area contributed by atoms with Crippen LogP contribution < -0.4 is 0 Å². The molecule has 102 valence electrons. The Morgan fingerprint density at radius 1 is 1.39 bits per heavy atom. The summed E-state index contributed by atoms with van der Waals surface area (Å²) in [7, 11) is 1.76. The first kappa shape index (κ1) is 13.5. The number of hydrogen-bond acceptors (Lipinski definition) is 5. The molecule has 1 saturated heterocycles. The number of likely N-dealkylation sites (tertiary alicyclic amines) is 1. The average molecular weight is 253 g/mol. The molecule has 5 heteroatoms. The lowest BCUT2D eigenvalue weighted by atomic mass is 9.98. The molecule has 1 aromatic rings. The topological polar surface area (TPSA) is 51.4 Å². The Bertz CT molecular complexity index is 354. The lowest BCUT2D eigenvalue weighted by molar-refractivity contribution is 0.107. The van der Waals surface area contributed by atoms with Gasteiger partial charge in [0.1, 0.15) is 0 Å². The molecule has 1 aromatic heterocycles. The maximum Gasteiger partial charge on any atom is 0.230 e. The van der Waals surface area contributed by atoms with Gasteiger partial charge in [-0.25, -0.2) is 0 Å². The SMILES string of the molecule is COCCC[C@H]1CCCCN1Cc1nnc(C)o1. The van der Waals surface area contributed by atoms with E-state index in [1.807, 2.05) is 6.92 Å². The molecule has 1 aliphatic heterocycles. The monoisotopic (exact) mass is 253 g/mol. The fourth-order valence-corrected chi connectivity index (χ4v) is 2.63. The number of aromatic nitrogens is 2. The molecule has 0 aromatic carbocycles. The smallest absolute Gasteiger partial charge is 0.230 e. The minimum Gasteiger partial charge on any atom is -0.424 e. The van der Waals surface area contributed by atoms with Gasteiger partial charge in [0.2, 0.25) is 11.8 Å². The third-order valence-corrected chi connectivity index (χ3v) is 3.54. The molecule has 1 aliphatic rings. The number of methoxy groups -OCH3 is 1. The number of rotatable bonds is 6. The van der Waals surface area contributed by atoms with E-state index in [0.29, 0.717) is 11.9 Å². The summed E-state index contributed by atoms with van der Waals surface area (Å²) in [5.74, 6) is 1.39. The third kappa shape index (κ3) is 3.78. The van der Waals surface area contributed by atoms with Gasteiger partial charge in [-0.2, -0.15) is 0 Å². The van der Waals surface area contributed by atoms with Crippen molar-refractivity contribution in [2.75, 3.05) is 20.3 Å². The van der Waals surface area contributed by atoms with Crippen LogP contribution in [-0.2, 0) is 11.3 Å². The molecular weight excluding hydrogens is 230 g/mol. The Morgan fingerprint density at radius 3 is 3.00 bits per heavy atom. The van der Waals surface area contributed by atoms with Gasteiger partial charge in [0, 0.05) is 26.7 Å². The molecule has 1 fully saturated rings. The highest BCUT2D eigenvalue weighted by Crippen LogP contribution is 2.22. The minimum absolute atomic E-state index is 0.640. The summed E-state index contributed by atoms with van der Waals surface area (Å²) in [5, 5.41) is 7.98. The van der Waals surface area contributed by atoms with Crippen molar-refractivity contribution in [1.29, 1.82) is 0 Å². The summed E-state index contributed by atoms with van der Waals surface area (Å²) >= 11 is 0. The van der Waals surface area contributed by atoms with Gasteiger partial charge in [0.15, 0.2) is 0 Å². The van der Waals surface area contributed by atoms with Gasteiger partial charge in [0.25, 0.3) is 0 Å². The van der Waals surface area contributed by atoms with Crippen molar-refractivity contribution in [3.63, 3.8) is 0 Å². The first-order valence-electron chi connectivity index (χ1n) is 6.81. The Labute approximate surface area is 109 Å². The Balaban J connectivity index is 1.86. The second-order valence-corrected chi connectivity index (χ2v) is 4.97. The first-order chi connectivity index (χ1) is 8.79. The number of nitrogens with zero attached hydrogens (tertiary/aromatic N) is 3. The van der Waals surface area contributed by atoms with E-state index in [0.717, 1.165) is 32.0 Å². The van der Waals surface area contributed by atoms with Crippen LogP contribution in [0.1, 0.15) is 43.9 Å². The Morgan fingerprint density at radius 2 is 2.28 bits per heavy atom. The third-order valence-electron chi connectivity index (χ3n) is 3.54. The average Bonchev–Trinajstić information content (AvgIpc) is 2.77. The molecule has 2 rings (SSSR count). The maximum absolute atomic E-state index is 5.47. The molecule has 0 spiro atoms. The number of piperidine rings is 1. The predicted octanol–water partition coefficient (Wildman–Crippen LogP) is 2.16. The lowest BCUT2D eigenvalue weighted by Crippen LogP contribution is -2.39. The fraction of sp³-hybridized carbons (Fsp3) is 0.846. The van der Waals surface area contributed by atoms with Crippen molar-refractivity contribution < 1.29 is 9.15 Å². The van der Waals surface area contributed by atoms with Crippen molar-refractivity contribution in [2.45, 2.75) is 51.6 Å². The van der Waals surface area contributed by atoms with Crippen molar-refractivity contribution in [1.82, 2.24) is 15.1 Å². The van der Waals surface area contributed by atoms with E-state index in [9.17, 15) is 0 Å². The zero-order valence-corrected chi connectivity index (χ0v) is 11.4. The second-order valence-electron chi connectivity index (χ2n) is 4.97. The van der Waals surface area contributed by atoms with E-state index in [4.69, 9.17) is 9.15 Å². The van der Waals surface area contributed by atoms with Crippen LogP contribution in [0.4, 0.5) is 0 Å². The van der Waals surface area contributed by atoms with Gasteiger partial charge in [-0.05, 0) is 32.2 Å². The van der Waals surface area contributed by atoms with Crippen LogP contribution in [-0.4, -0.2) is 41.4 Å². The van der Waals surface area contributed by atoms with Crippen LogP contribution in [0.25, 0.3) is 0 Å². The molecule has 1 atom stereocenters. The highest BCUT2D eigenvalue weighted by Gasteiger charge is 2.23. The van der Waals surface area contributed by atoms with Crippen LogP contribution in [0.3, 0.4) is 0 Å². The van der Waals surface area contributed by atoms with Crippen LogP contribution in [0, 0.1) is 6.92 Å². The number of ether oxygens (including phenoxy) is 1. The lowest BCUT2D eigenvalue weighted by Gasteiger charge is -2.34. The zero-order valence-electron chi connectivity index (χ0n) is 11.4. The highest BCUT2D eigenvalue weighted by atomic mass is 16.5. The molecular formula is C13H23N3O2. The van der Waals surface area contributed by atoms with E-state index in [2.05, 4.69) is 15.1 Å². The quantitative estimate of drug-likeness (QED) is 0.727. The summed E-state index contributed by atoms with van der Waals surface area (Å²) < 4.78 is 10.6. The molecule has 0 amide bonds. The Hall–Kier alpha value is -0.940. The van der Waals surface area contributed by atoms with E-state index in [-0.39, 0.29) is 0 Å². The van der Waals surface area contributed by atoms with E-state index in [1.54, 1.807) is 7.11 Å². The Kier molecular flexibility index (Phi) is 5.13. The first-order valence-corrected chi connectivity index (χ1v) is 6.81. The van der Waals surface area contributed by atoms with Crippen molar-refractivity contribution in [3.05, 3.63) is 11.8 Å². The summed E-state index contributed by atoms with van der Waals surface area (Å²) in [4.78, 5) is 2.48. The summed E-state index contributed by atoms with van der Waals surface area (Å²) in [6, 6.07) is 0.640. The molecule has 2 heterocycles. The second kappa shape index (κ2) is 6.85. The largest absolute Gasteiger partial charge is 0.424 e. The van der Waals surface area contributed by atoms with Gasteiger partial charge in [-0.15, -0.1) is 10.2 Å². The fourth-order valence-electron chi connectivity index (χ4n) is 2.63. The van der Waals surface area contributed by atoms with Gasteiger partial charge in [0.05, 0.1) is 6.54 Å². The predicted molar refractivity (Wildman–Crippen MR) is 68.2 cm³/mol. The minimum atomic E-state index is 0.640. The van der Waals surface area contributed by atoms with Gasteiger partial charge in [-0.3, -0.25) is 4.90 Å². The highest BCUT2D eigenvalue weighted by molar-refractivity contribution is 4.84. The standard InChI is InChI=1S/C13H23N3O2/c1-11-14-15-13(18-11)10-16-8-4-3-6-12(16)7-5-9-17-2/h12H,3-10H2,1-2H3/t12-/m1/s1. The number of hydrogen-bond donors (Lipinski definition) is 0. The van der Waals surface area contributed by atoms with E-state index in [1.165, 1.54) is 25.7 Å². The molecule has 0 bridgehead atoms. The van der Waals surface area contributed by atoms with E-state index < -0.39 is 0 Å². The molecule has 0 aliphatic carbocycles. The molecule has 0 N–H and O–H groups in total. The van der Waals surface area contributed by atoms with Gasteiger partial charge < -0.3 is 9.15 Å². The van der Waals surface area contributed by atoms with Crippen molar-refractivity contribution >= 4 is 0 Å². The van der Waals surface area contributed by atoms with Crippen LogP contribution >= 0.6 is 0 Å². The summed E-state index contributed by atoms with van der Waals surface area (Å²) in [5.41, 5.74) is 0. The molecule has 0 radical (unpaired) electrons. The normalized spacial score (nSPS) is 21.3. The van der Waals surface area contributed by atoms with Crippen LogP contribution in [0.2, 0.25) is 0 Å². The maximum atomic E-state index is 5.47. The number of aryl methyl sites for hydroxylation is 1. The van der Waals surface area contributed by atoms with Crippen LogP contribution in [0.5, 0.6) is 0 Å². The zero-order chi connectivity index (χ0) is 12.8. The summed E-state index contributed by atoms with van der Waals surface area (Å²) in [6.07, 6.45) is 6.20. The molecule has 5 nitrogen and oxygen atoms in total. The van der Waals surface area contributed by atoms with Crippen LogP contribution in [0.15, 0.2) is 4.42 Å². The summed E-state index contributed by atoms with van der Waals surface area (Å²) in [6.45, 7) is 4.62. The van der Waals surface area contributed by atoms with E-state index >= 15 is 0 Å². The van der Waals surface area contributed by atoms with Gasteiger partial charge >= 0.3 is 0 Å². The van der Waals surface area contributed by atoms with Crippen molar-refractivity contribution in [2.24, 2.45) is 0 Å². The van der Waals surface area contributed by atoms with Crippen molar-refractivity contribution in [3.8, 4) is 0 Å².